The lowest BCUT2D eigenvalue weighted by Crippen LogP contribution is -2.44. The molecule has 0 aliphatic carbocycles. The number of fused-ring (bicyclic) bond motifs is 1. The molecule has 148 valence electrons. The first-order valence-electron chi connectivity index (χ1n) is 9.37. The molecule has 1 atom stereocenters. The van der Waals surface area contributed by atoms with Crippen molar-refractivity contribution in [2.45, 2.75) is 18.9 Å². The zero-order chi connectivity index (χ0) is 20.4. The highest BCUT2D eigenvalue weighted by Crippen LogP contribution is 2.38. The molecule has 0 bridgehead atoms. The number of rotatable bonds is 5. The predicted octanol–water partition coefficient (Wildman–Crippen LogP) is 3.15. The number of Topliss-reactive ketones (excluding diaryl/α,β-unsaturated/α-hetero) is 1. The Labute approximate surface area is 173 Å². The van der Waals surface area contributed by atoms with Crippen LogP contribution in [-0.4, -0.2) is 40.7 Å². The molecule has 1 saturated heterocycles. The minimum absolute atomic E-state index is 0.193. The molecule has 3 aromatic rings. The summed E-state index contributed by atoms with van der Waals surface area (Å²) in [5.41, 5.74) is 0.150. The number of halogens is 1. The summed E-state index contributed by atoms with van der Waals surface area (Å²) in [5.74, 6) is 0.268. The summed E-state index contributed by atoms with van der Waals surface area (Å²) in [4.78, 5) is 18.3. The van der Waals surface area contributed by atoms with Crippen molar-refractivity contribution in [3.63, 3.8) is 0 Å². The van der Waals surface area contributed by atoms with Crippen molar-refractivity contribution in [1.82, 2.24) is 20.1 Å². The molecule has 0 spiro atoms. The van der Waals surface area contributed by atoms with Gasteiger partial charge in [-0.2, -0.15) is 10.4 Å². The van der Waals surface area contributed by atoms with Crippen LogP contribution in [0.5, 0.6) is 5.75 Å². The summed E-state index contributed by atoms with van der Waals surface area (Å²) in [6, 6.07) is 10.4. The van der Waals surface area contributed by atoms with Crippen molar-refractivity contribution in [1.29, 1.82) is 5.26 Å². The summed E-state index contributed by atoms with van der Waals surface area (Å²) >= 11 is 6.20. The van der Waals surface area contributed by atoms with Gasteiger partial charge in [-0.15, -0.1) is 0 Å². The second kappa shape index (κ2) is 7.82. The summed E-state index contributed by atoms with van der Waals surface area (Å²) in [6.45, 7) is 1.24. The SMILES string of the molecule is COc1cc(C(C(=O)C2(C#N)CCNCC2)n2ncc3cccnc32)ccc1Cl. The van der Waals surface area contributed by atoms with Gasteiger partial charge >= 0.3 is 0 Å². The Morgan fingerprint density at radius 3 is 2.90 bits per heavy atom. The van der Waals surface area contributed by atoms with Crippen LogP contribution < -0.4 is 10.1 Å². The standard InChI is InChI=1S/C21H20ClN5O2/c1-29-17-11-14(4-5-16(17)22)18(19(28)21(13-23)6-9-24-10-7-21)27-20-15(12-26-27)3-2-8-25-20/h2-5,8,11-12,18,24H,6-7,9-10H2,1H3. The van der Waals surface area contributed by atoms with Gasteiger partial charge in [0.1, 0.15) is 17.2 Å². The van der Waals surface area contributed by atoms with Gasteiger partial charge in [0.15, 0.2) is 11.4 Å². The molecule has 1 N–H and O–H groups in total. The molecule has 3 heterocycles. The number of nitriles is 1. The van der Waals surface area contributed by atoms with E-state index in [2.05, 4.69) is 21.5 Å². The molecular weight excluding hydrogens is 390 g/mol. The molecule has 1 fully saturated rings. The molecule has 1 aliphatic heterocycles. The molecule has 4 rings (SSSR count). The topological polar surface area (TPSA) is 92.8 Å². The average Bonchev–Trinajstić information content (AvgIpc) is 3.19. The Kier molecular flexibility index (Phi) is 5.22. The molecule has 2 aromatic heterocycles. The number of carbonyl (C=O) groups is 1. The number of hydrogen-bond donors (Lipinski definition) is 1. The highest BCUT2D eigenvalue weighted by atomic mass is 35.5. The zero-order valence-corrected chi connectivity index (χ0v) is 16.7. The minimum Gasteiger partial charge on any atom is -0.495 e. The molecule has 0 saturated carbocycles. The number of hydrogen-bond acceptors (Lipinski definition) is 6. The van der Waals surface area contributed by atoms with Crippen LogP contribution in [0.3, 0.4) is 0 Å². The Bertz CT molecular complexity index is 1100. The summed E-state index contributed by atoms with van der Waals surface area (Å²) < 4.78 is 6.95. The van der Waals surface area contributed by atoms with Crippen molar-refractivity contribution < 1.29 is 9.53 Å². The first-order chi connectivity index (χ1) is 14.1. The van der Waals surface area contributed by atoms with Crippen LogP contribution in [0.1, 0.15) is 24.4 Å². The third-order valence-corrected chi connectivity index (χ3v) is 5.79. The van der Waals surface area contributed by atoms with E-state index >= 15 is 0 Å². The van der Waals surface area contributed by atoms with Gasteiger partial charge < -0.3 is 10.1 Å². The first-order valence-corrected chi connectivity index (χ1v) is 9.75. The monoisotopic (exact) mass is 409 g/mol. The lowest BCUT2D eigenvalue weighted by atomic mass is 9.73. The molecule has 1 aliphatic rings. The number of nitrogens with one attached hydrogen (secondary N) is 1. The normalized spacial score (nSPS) is 16.9. The number of carbonyl (C=O) groups excluding carboxylic acids is 1. The number of ether oxygens (including phenoxy) is 1. The number of ketones is 1. The Hall–Kier alpha value is -2.95. The van der Waals surface area contributed by atoms with E-state index in [0.29, 0.717) is 47.9 Å². The van der Waals surface area contributed by atoms with E-state index < -0.39 is 11.5 Å². The highest BCUT2D eigenvalue weighted by Gasteiger charge is 2.45. The number of benzene rings is 1. The molecule has 0 amide bonds. The number of nitrogens with zero attached hydrogens (tertiary/aromatic N) is 4. The van der Waals surface area contributed by atoms with Gasteiger partial charge in [-0.25, -0.2) is 9.67 Å². The smallest absolute Gasteiger partial charge is 0.182 e. The maximum Gasteiger partial charge on any atom is 0.182 e. The maximum absolute atomic E-state index is 13.9. The average molecular weight is 410 g/mol. The van der Waals surface area contributed by atoms with Crippen LogP contribution in [0.25, 0.3) is 11.0 Å². The Balaban J connectivity index is 1.90. The van der Waals surface area contributed by atoms with Crippen molar-refractivity contribution >= 4 is 28.4 Å². The summed E-state index contributed by atoms with van der Waals surface area (Å²) in [7, 11) is 1.52. The van der Waals surface area contributed by atoms with Crippen LogP contribution in [0, 0.1) is 16.7 Å². The van der Waals surface area contributed by atoms with Crippen LogP contribution in [0.15, 0.2) is 42.7 Å². The number of methoxy groups -OCH3 is 1. The van der Waals surface area contributed by atoms with E-state index in [0.717, 1.165) is 5.39 Å². The number of aromatic nitrogens is 3. The third kappa shape index (κ3) is 3.35. The van der Waals surface area contributed by atoms with E-state index in [9.17, 15) is 10.1 Å². The molecule has 7 nitrogen and oxygen atoms in total. The summed E-state index contributed by atoms with van der Waals surface area (Å²) in [6.07, 6.45) is 4.25. The third-order valence-electron chi connectivity index (χ3n) is 5.48. The van der Waals surface area contributed by atoms with Crippen molar-refractivity contribution in [3.8, 4) is 11.8 Å². The van der Waals surface area contributed by atoms with Gasteiger partial charge in [-0.3, -0.25) is 4.79 Å². The fourth-order valence-corrected chi connectivity index (χ4v) is 4.04. The number of pyridine rings is 1. The quantitative estimate of drug-likeness (QED) is 0.695. The van der Waals surface area contributed by atoms with Gasteiger partial charge in [0.25, 0.3) is 0 Å². The van der Waals surface area contributed by atoms with Crippen molar-refractivity contribution in [3.05, 3.63) is 53.3 Å². The van der Waals surface area contributed by atoms with Crippen LogP contribution in [0.4, 0.5) is 0 Å². The lowest BCUT2D eigenvalue weighted by Gasteiger charge is -2.33. The van der Waals surface area contributed by atoms with E-state index in [4.69, 9.17) is 16.3 Å². The van der Waals surface area contributed by atoms with E-state index in [1.54, 1.807) is 35.3 Å². The van der Waals surface area contributed by atoms with Crippen LogP contribution in [0.2, 0.25) is 5.02 Å². The predicted molar refractivity (Wildman–Crippen MR) is 109 cm³/mol. The minimum atomic E-state index is -1.09. The Morgan fingerprint density at radius 1 is 1.38 bits per heavy atom. The van der Waals surface area contributed by atoms with Gasteiger partial charge in [0.05, 0.1) is 24.4 Å². The maximum atomic E-state index is 13.9. The molecule has 1 unspecified atom stereocenters. The Morgan fingerprint density at radius 2 is 2.17 bits per heavy atom. The summed E-state index contributed by atoms with van der Waals surface area (Å²) in [5, 5.41) is 18.9. The van der Waals surface area contributed by atoms with Crippen molar-refractivity contribution in [2.75, 3.05) is 20.2 Å². The second-order valence-corrected chi connectivity index (χ2v) is 7.52. The largest absolute Gasteiger partial charge is 0.495 e. The van der Waals surface area contributed by atoms with Crippen molar-refractivity contribution in [2.24, 2.45) is 5.41 Å². The molecule has 29 heavy (non-hydrogen) atoms. The lowest BCUT2D eigenvalue weighted by molar-refractivity contribution is -0.129. The fourth-order valence-electron chi connectivity index (χ4n) is 3.85. The fraction of sp³-hybridized carbons (Fsp3) is 0.333. The highest BCUT2D eigenvalue weighted by molar-refractivity contribution is 6.32. The van der Waals surface area contributed by atoms with Gasteiger partial charge in [-0.1, -0.05) is 17.7 Å². The molecule has 8 heteroatoms. The van der Waals surface area contributed by atoms with Gasteiger partial charge in [0, 0.05) is 11.6 Å². The van der Waals surface area contributed by atoms with Crippen LogP contribution in [-0.2, 0) is 4.79 Å². The van der Waals surface area contributed by atoms with E-state index in [1.807, 2.05) is 12.1 Å². The van der Waals surface area contributed by atoms with Crippen LogP contribution >= 0.6 is 11.6 Å². The van der Waals surface area contributed by atoms with Gasteiger partial charge in [0.2, 0.25) is 0 Å². The second-order valence-electron chi connectivity index (χ2n) is 7.11. The van der Waals surface area contributed by atoms with E-state index in [-0.39, 0.29) is 5.78 Å². The zero-order valence-electron chi connectivity index (χ0n) is 15.9. The van der Waals surface area contributed by atoms with E-state index in [1.165, 1.54) is 7.11 Å². The molecule has 0 radical (unpaired) electrons. The van der Waals surface area contributed by atoms with Gasteiger partial charge in [-0.05, 0) is 55.8 Å². The first kappa shape index (κ1) is 19.4. The molecular formula is C21H20ClN5O2. The molecule has 1 aromatic carbocycles. The number of piperidine rings is 1.